The van der Waals surface area contributed by atoms with E-state index in [1.807, 2.05) is 30.3 Å². The summed E-state index contributed by atoms with van der Waals surface area (Å²) < 4.78 is 15.8. The van der Waals surface area contributed by atoms with Gasteiger partial charge in [0.15, 0.2) is 6.61 Å². The third-order valence-electron chi connectivity index (χ3n) is 7.84. The molecule has 1 heterocycles. The molecule has 0 aromatic heterocycles. The Morgan fingerprint density at radius 1 is 0.973 bits per heavy atom. The van der Waals surface area contributed by atoms with E-state index in [1.54, 1.807) is 18.2 Å². The maximum Gasteiger partial charge on any atom is 0.330 e. The summed E-state index contributed by atoms with van der Waals surface area (Å²) in [5, 5.41) is 2.65. The van der Waals surface area contributed by atoms with E-state index < -0.39 is 24.5 Å². The van der Waals surface area contributed by atoms with Crippen molar-refractivity contribution < 1.29 is 33.4 Å². The standard InChI is InChI=1S/C28H30N2O7/c1-35-19-10-11-22(36-2)20(14-19)29-23(31)15-37-28(34)21(12-16-6-4-3-5-7-16)30-26(32)24-17-8-9-18(13-17)25(24)27(30)33/h3-7,10-11,14,17-18,21,24-25H,8-9,12-13,15H2,1-2H3,(H,29,31)/t17-,18-,21-,24-,25+/m0/s1. The van der Waals surface area contributed by atoms with Gasteiger partial charge in [-0.3, -0.25) is 19.3 Å². The molecule has 2 aromatic rings. The number of amides is 3. The number of carbonyl (C=O) groups excluding carboxylic acids is 4. The van der Waals surface area contributed by atoms with Gasteiger partial charge in [0.1, 0.15) is 17.5 Å². The molecule has 9 heteroatoms. The Bertz CT molecular complexity index is 1190. The van der Waals surface area contributed by atoms with Crippen LogP contribution in [0.15, 0.2) is 48.5 Å². The van der Waals surface area contributed by atoms with Crippen LogP contribution in [-0.2, 0) is 30.3 Å². The Balaban J connectivity index is 1.31. The van der Waals surface area contributed by atoms with Crippen molar-refractivity contribution in [2.45, 2.75) is 31.7 Å². The molecule has 3 aliphatic rings. The van der Waals surface area contributed by atoms with Gasteiger partial charge in [-0.25, -0.2) is 4.79 Å². The quantitative estimate of drug-likeness (QED) is 0.411. The molecule has 2 aromatic carbocycles. The van der Waals surface area contributed by atoms with Gasteiger partial charge in [0.2, 0.25) is 11.8 Å². The van der Waals surface area contributed by atoms with Gasteiger partial charge in [-0.05, 0) is 48.8 Å². The van der Waals surface area contributed by atoms with Crippen molar-refractivity contribution in [2.24, 2.45) is 23.7 Å². The molecule has 0 radical (unpaired) electrons. The van der Waals surface area contributed by atoms with Crippen LogP contribution in [0.2, 0.25) is 0 Å². The van der Waals surface area contributed by atoms with Crippen LogP contribution in [0.4, 0.5) is 5.69 Å². The van der Waals surface area contributed by atoms with Crippen LogP contribution in [0.1, 0.15) is 24.8 Å². The number of esters is 1. The average Bonchev–Trinajstić information content (AvgIpc) is 3.60. The number of hydrogen-bond acceptors (Lipinski definition) is 7. The second-order valence-electron chi connectivity index (χ2n) is 9.86. The molecule has 3 fully saturated rings. The first-order chi connectivity index (χ1) is 17.9. The molecule has 37 heavy (non-hydrogen) atoms. The van der Waals surface area contributed by atoms with Crippen molar-refractivity contribution in [3.8, 4) is 11.5 Å². The lowest BCUT2D eigenvalue weighted by Crippen LogP contribution is -2.48. The van der Waals surface area contributed by atoms with Crippen molar-refractivity contribution >= 4 is 29.4 Å². The zero-order chi connectivity index (χ0) is 26.1. The highest BCUT2D eigenvalue weighted by Crippen LogP contribution is 2.56. The number of imide groups is 1. The normalized spacial score (nSPS) is 24.5. The SMILES string of the molecule is COc1ccc(OC)c(NC(=O)COC(=O)[C@H](Cc2ccccc2)N2C(=O)[C@@H]3[C@H]4CC[C@@H](C4)[C@@H]3C2=O)c1. The molecule has 194 valence electrons. The largest absolute Gasteiger partial charge is 0.497 e. The fourth-order valence-electron chi connectivity index (χ4n) is 6.19. The molecule has 9 nitrogen and oxygen atoms in total. The molecule has 1 aliphatic heterocycles. The van der Waals surface area contributed by atoms with Gasteiger partial charge in [0.25, 0.3) is 5.91 Å². The van der Waals surface area contributed by atoms with Crippen LogP contribution in [0, 0.1) is 23.7 Å². The van der Waals surface area contributed by atoms with E-state index >= 15 is 0 Å². The number of nitrogens with one attached hydrogen (secondary N) is 1. The summed E-state index contributed by atoms with van der Waals surface area (Å²) in [6, 6.07) is 13.0. The van der Waals surface area contributed by atoms with Gasteiger partial charge in [-0.15, -0.1) is 0 Å². The average molecular weight is 507 g/mol. The molecular weight excluding hydrogens is 476 g/mol. The van der Waals surface area contributed by atoms with Crippen molar-refractivity contribution in [1.82, 2.24) is 4.90 Å². The van der Waals surface area contributed by atoms with Gasteiger partial charge in [-0.2, -0.15) is 0 Å². The third-order valence-corrected chi connectivity index (χ3v) is 7.84. The highest BCUT2D eigenvalue weighted by Gasteiger charge is 2.62. The van der Waals surface area contributed by atoms with E-state index in [9.17, 15) is 19.2 Å². The maximum atomic E-state index is 13.4. The van der Waals surface area contributed by atoms with Crippen molar-refractivity contribution in [2.75, 3.05) is 26.1 Å². The molecule has 3 amide bonds. The summed E-state index contributed by atoms with van der Waals surface area (Å²) in [7, 11) is 2.97. The Hall–Kier alpha value is -3.88. The number of nitrogens with zero attached hydrogens (tertiary/aromatic N) is 1. The topological polar surface area (TPSA) is 111 Å². The summed E-state index contributed by atoms with van der Waals surface area (Å²) in [4.78, 5) is 53.9. The minimum atomic E-state index is -1.13. The predicted molar refractivity (Wildman–Crippen MR) is 133 cm³/mol. The van der Waals surface area contributed by atoms with E-state index in [1.165, 1.54) is 14.2 Å². The lowest BCUT2D eigenvalue weighted by atomic mass is 9.81. The number of rotatable bonds is 9. The molecule has 2 aliphatic carbocycles. The van der Waals surface area contributed by atoms with E-state index in [-0.39, 0.29) is 41.9 Å². The summed E-state index contributed by atoms with van der Waals surface area (Å²) in [5.41, 5.74) is 1.15. The van der Waals surface area contributed by atoms with Gasteiger partial charge >= 0.3 is 5.97 Å². The molecule has 1 N–H and O–H groups in total. The van der Waals surface area contributed by atoms with Crippen LogP contribution in [0.25, 0.3) is 0 Å². The van der Waals surface area contributed by atoms with Gasteiger partial charge in [0.05, 0.1) is 31.7 Å². The highest BCUT2D eigenvalue weighted by molar-refractivity contribution is 6.08. The molecule has 0 spiro atoms. The molecule has 5 atom stereocenters. The minimum absolute atomic E-state index is 0.122. The molecule has 5 rings (SSSR count). The lowest BCUT2D eigenvalue weighted by molar-refractivity contribution is -0.160. The fraction of sp³-hybridized carbons (Fsp3) is 0.429. The van der Waals surface area contributed by atoms with Crippen molar-refractivity contribution in [1.29, 1.82) is 0 Å². The summed E-state index contributed by atoms with van der Waals surface area (Å²) in [6.07, 6.45) is 2.92. The van der Waals surface area contributed by atoms with E-state index in [4.69, 9.17) is 14.2 Å². The first-order valence-electron chi connectivity index (χ1n) is 12.5. The number of hydrogen-bond donors (Lipinski definition) is 1. The van der Waals surface area contributed by atoms with Crippen LogP contribution >= 0.6 is 0 Å². The van der Waals surface area contributed by atoms with Crippen LogP contribution in [-0.4, -0.2) is 55.5 Å². The lowest BCUT2D eigenvalue weighted by Gasteiger charge is -2.26. The molecular formula is C28H30N2O7. The van der Waals surface area contributed by atoms with Crippen molar-refractivity contribution in [3.63, 3.8) is 0 Å². The first kappa shape index (κ1) is 24.8. The third kappa shape index (κ3) is 4.65. The first-order valence-corrected chi connectivity index (χ1v) is 12.5. The zero-order valence-electron chi connectivity index (χ0n) is 20.8. The second kappa shape index (κ2) is 10.2. The summed E-state index contributed by atoms with van der Waals surface area (Å²) in [5.74, 6) is -1.31. The minimum Gasteiger partial charge on any atom is -0.497 e. The summed E-state index contributed by atoms with van der Waals surface area (Å²) in [6.45, 7) is -0.585. The highest BCUT2D eigenvalue weighted by atomic mass is 16.5. The number of likely N-dealkylation sites (tertiary alicyclic amines) is 1. The van der Waals surface area contributed by atoms with Crippen molar-refractivity contribution in [3.05, 3.63) is 54.1 Å². The number of anilines is 1. The van der Waals surface area contributed by atoms with Gasteiger partial charge in [0, 0.05) is 12.5 Å². The monoisotopic (exact) mass is 506 g/mol. The van der Waals surface area contributed by atoms with E-state index in [0.29, 0.717) is 17.2 Å². The van der Waals surface area contributed by atoms with Gasteiger partial charge < -0.3 is 19.5 Å². The smallest absolute Gasteiger partial charge is 0.330 e. The maximum absolute atomic E-state index is 13.4. The number of carbonyl (C=O) groups is 4. The Kier molecular flexibility index (Phi) is 6.86. The summed E-state index contributed by atoms with van der Waals surface area (Å²) >= 11 is 0. The predicted octanol–water partition coefficient (Wildman–Crippen LogP) is 2.83. The van der Waals surface area contributed by atoms with Crippen LogP contribution < -0.4 is 14.8 Å². The number of methoxy groups -OCH3 is 2. The Labute approximate surface area is 215 Å². The molecule has 1 saturated heterocycles. The van der Waals surface area contributed by atoms with E-state index in [0.717, 1.165) is 29.7 Å². The molecule has 0 unspecified atom stereocenters. The van der Waals surface area contributed by atoms with E-state index in [2.05, 4.69) is 5.32 Å². The molecule has 2 saturated carbocycles. The van der Waals surface area contributed by atoms with Gasteiger partial charge in [-0.1, -0.05) is 30.3 Å². The molecule has 2 bridgehead atoms. The van der Waals surface area contributed by atoms with Crippen LogP contribution in [0.5, 0.6) is 11.5 Å². The number of fused-ring (bicyclic) bond motifs is 5. The Morgan fingerprint density at radius 3 is 2.27 bits per heavy atom. The number of ether oxygens (including phenoxy) is 3. The number of benzene rings is 2. The van der Waals surface area contributed by atoms with Crippen LogP contribution in [0.3, 0.4) is 0 Å². The fourth-order valence-corrected chi connectivity index (χ4v) is 6.19. The Morgan fingerprint density at radius 2 is 1.65 bits per heavy atom. The zero-order valence-corrected chi connectivity index (χ0v) is 20.8. The second-order valence-corrected chi connectivity index (χ2v) is 9.86.